The van der Waals surface area contributed by atoms with Crippen molar-refractivity contribution in [1.82, 2.24) is 34.1 Å². The van der Waals surface area contributed by atoms with Gasteiger partial charge in [-0.2, -0.15) is 31.7 Å². The number of aliphatic imine (C=N–C) groups is 1. The van der Waals surface area contributed by atoms with E-state index in [0.29, 0.717) is 38.1 Å². The molecule has 2 aliphatic rings. The van der Waals surface area contributed by atoms with Gasteiger partial charge in [-0.15, -0.1) is 11.3 Å². The predicted octanol–water partition coefficient (Wildman–Crippen LogP) is 5.09. The maximum absolute atomic E-state index is 14.0. The fourth-order valence-electron chi connectivity index (χ4n) is 5.21. The quantitative estimate of drug-likeness (QED) is 0.261. The van der Waals surface area contributed by atoms with Crippen molar-refractivity contribution in [3.05, 3.63) is 105 Å². The number of pyridine rings is 1. The molecule has 1 aromatic carbocycles. The lowest BCUT2D eigenvalue weighted by atomic mass is 9.92. The number of rotatable bonds is 9. The molecule has 0 aliphatic carbocycles. The lowest BCUT2D eigenvalue weighted by molar-refractivity contribution is 0.0564. The number of amidine groups is 1. The molecule has 0 amide bonds. The maximum Gasteiger partial charge on any atom is 0.333 e. The van der Waals surface area contributed by atoms with Gasteiger partial charge < -0.3 is 4.90 Å². The first-order valence-electron chi connectivity index (χ1n) is 13.1. The Morgan fingerprint density at radius 1 is 1.14 bits per heavy atom. The highest BCUT2D eigenvalue weighted by molar-refractivity contribution is 7.87. The Labute approximate surface area is 254 Å². The zero-order valence-electron chi connectivity index (χ0n) is 22.4. The van der Waals surface area contributed by atoms with Gasteiger partial charge in [-0.3, -0.25) is 9.98 Å². The number of hydrogen-bond acceptors (Lipinski definition) is 8. The third kappa shape index (κ3) is 6.08. The minimum atomic E-state index is -4.02. The van der Waals surface area contributed by atoms with Crippen LogP contribution in [0.5, 0.6) is 0 Å². The summed E-state index contributed by atoms with van der Waals surface area (Å²) < 4.78 is 73.4. The first kappa shape index (κ1) is 29.4. The van der Waals surface area contributed by atoms with Gasteiger partial charge in [0.05, 0.1) is 17.4 Å². The smallest absolute Gasteiger partial charge is 0.326 e. The number of halogens is 4. The number of aromatic nitrogens is 4. The van der Waals surface area contributed by atoms with Crippen LogP contribution < -0.4 is 9.44 Å². The van der Waals surface area contributed by atoms with Crippen LogP contribution in [-0.2, 0) is 10.2 Å². The third-order valence-corrected chi connectivity index (χ3v) is 9.41. The number of thiazole rings is 1. The van der Waals surface area contributed by atoms with Crippen molar-refractivity contribution in [3.63, 3.8) is 0 Å². The molecule has 2 N–H and O–H groups in total. The van der Waals surface area contributed by atoms with Gasteiger partial charge in [0.2, 0.25) is 0 Å². The number of nitrogens with zero attached hydrogens (tertiary/aromatic N) is 6. The van der Waals surface area contributed by atoms with Gasteiger partial charge in [0, 0.05) is 64.8 Å². The molecule has 16 heteroatoms. The van der Waals surface area contributed by atoms with Crippen LogP contribution in [0, 0.1) is 5.82 Å². The van der Waals surface area contributed by atoms with Crippen LogP contribution in [0.4, 0.5) is 13.2 Å². The molecule has 2 aliphatic heterocycles. The largest absolute Gasteiger partial charge is 0.333 e. The van der Waals surface area contributed by atoms with Crippen molar-refractivity contribution in [2.75, 3.05) is 6.54 Å². The van der Waals surface area contributed by atoms with E-state index >= 15 is 0 Å². The molecule has 5 heterocycles. The van der Waals surface area contributed by atoms with Crippen LogP contribution in [0.2, 0.25) is 5.02 Å². The summed E-state index contributed by atoms with van der Waals surface area (Å²) in [6.07, 6.45) is 4.52. The molecular weight excluding hydrogens is 625 g/mol. The Bertz CT molecular complexity index is 1800. The van der Waals surface area contributed by atoms with Crippen molar-refractivity contribution < 1.29 is 21.6 Å². The highest BCUT2D eigenvalue weighted by atomic mass is 35.5. The minimum Gasteiger partial charge on any atom is -0.326 e. The molecule has 0 bridgehead atoms. The number of nitrogens with one attached hydrogen (secondary N) is 2. The molecule has 224 valence electrons. The summed E-state index contributed by atoms with van der Waals surface area (Å²) in [4.78, 5) is 15.4. The molecule has 6 rings (SSSR count). The summed E-state index contributed by atoms with van der Waals surface area (Å²) in [5.41, 5.74) is 2.24. The van der Waals surface area contributed by atoms with Crippen LogP contribution in [0.25, 0.3) is 5.57 Å². The van der Waals surface area contributed by atoms with E-state index in [0.717, 1.165) is 12.3 Å². The van der Waals surface area contributed by atoms with E-state index in [1.165, 1.54) is 29.5 Å². The SMILES string of the molecule is C[C@H](NS(=O)(=O)N[C@H]1CC2=C(c3ccn(C(F)F)n3)[C@H](c3ccc(F)cc3Cl)N=C(c3nccs3)N2C1)c1ccccn1. The lowest BCUT2D eigenvalue weighted by Gasteiger charge is -2.32. The van der Waals surface area contributed by atoms with E-state index in [1.54, 1.807) is 42.9 Å². The number of hydrogen-bond donors (Lipinski definition) is 2. The summed E-state index contributed by atoms with van der Waals surface area (Å²) in [5.74, 6) is -0.0989. The van der Waals surface area contributed by atoms with Crippen LogP contribution >= 0.6 is 22.9 Å². The van der Waals surface area contributed by atoms with Gasteiger partial charge in [0.15, 0.2) is 10.8 Å². The molecule has 43 heavy (non-hydrogen) atoms. The zero-order valence-corrected chi connectivity index (χ0v) is 24.8. The second-order valence-corrected chi connectivity index (χ2v) is 12.7. The Kier molecular flexibility index (Phi) is 8.08. The summed E-state index contributed by atoms with van der Waals surface area (Å²) >= 11 is 7.82. The average molecular weight is 649 g/mol. The summed E-state index contributed by atoms with van der Waals surface area (Å²) in [5, 5.41) is 6.53. The molecule has 0 radical (unpaired) electrons. The summed E-state index contributed by atoms with van der Waals surface area (Å²) in [6, 6.07) is 8.44. The highest BCUT2D eigenvalue weighted by Crippen LogP contribution is 2.46. The third-order valence-electron chi connectivity index (χ3n) is 7.01. The van der Waals surface area contributed by atoms with Gasteiger partial charge >= 0.3 is 6.55 Å². The fraction of sp³-hybridized carbons (Fsp3) is 0.259. The van der Waals surface area contributed by atoms with Crippen LogP contribution in [-0.4, -0.2) is 51.5 Å². The average Bonchev–Trinajstić information content (AvgIpc) is 3.73. The Morgan fingerprint density at radius 3 is 2.65 bits per heavy atom. The molecule has 10 nitrogen and oxygen atoms in total. The fourth-order valence-corrected chi connectivity index (χ4v) is 7.37. The second kappa shape index (κ2) is 11.8. The minimum absolute atomic E-state index is 0.0926. The van der Waals surface area contributed by atoms with E-state index in [1.807, 2.05) is 4.90 Å². The molecule has 4 aromatic rings. The molecule has 1 saturated heterocycles. The van der Waals surface area contributed by atoms with Gasteiger partial charge in [-0.05, 0) is 37.3 Å². The molecule has 0 unspecified atom stereocenters. The van der Waals surface area contributed by atoms with E-state index in [4.69, 9.17) is 16.6 Å². The molecule has 1 fully saturated rings. The van der Waals surface area contributed by atoms with E-state index in [2.05, 4.69) is 24.5 Å². The van der Waals surface area contributed by atoms with Crippen molar-refractivity contribution in [1.29, 1.82) is 0 Å². The summed E-state index contributed by atoms with van der Waals surface area (Å²) in [6.45, 7) is -1.02. The standard InChI is InChI=1S/C27H24ClF3N8O2S2/c1-15(20-4-2-3-8-32-20)36-43(40,41)37-17-13-22-23(21-7-10-39(35-21)27(30)31)24(18-6-5-16(29)12-19(18)28)34-25(38(22)14-17)26-33-9-11-42-26/h2-12,15,17,24,27,36-37H,13-14H2,1H3/t15-,17-,24-/m0/s1. The molecule has 3 aromatic heterocycles. The van der Waals surface area contributed by atoms with Crippen molar-refractivity contribution in [3.8, 4) is 0 Å². The van der Waals surface area contributed by atoms with Crippen LogP contribution in [0.3, 0.4) is 0 Å². The van der Waals surface area contributed by atoms with E-state index < -0.39 is 40.7 Å². The first-order chi connectivity index (χ1) is 20.6. The van der Waals surface area contributed by atoms with Gasteiger partial charge in [0.25, 0.3) is 10.2 Å². The lowest BCUT2D eigenvalue weighted by Crippen LogP contribution is -2.45. The molecule has 0 saturated carbocycles. The molecule has 0 spiro atoms. The first-order valence-corrected chi connectivity index (χ1v) is 15.8. The van der Waals surface area contributed by atoms with E-state index in [-0.39, 0.29) is 23.7 Å². The predicted molar refractivity (Wildman–Crippen MR) is 156 cm³/mol. The Hall–Kier alpha value is -3.63. The second-order valence-electron chi connectivity index (χ2n) is 9.90. The van der Waals surface area contributed by atoms with Crippen LogP contribution in [0.1, 0.15) is 53.9 Å². The highest BCUT2D eigenvalue weighted by Gasteiger charge is 2.42. The number of fused-ring (bicyclic) bond motifs is 1. The van der Waals surface area contributed by atoms with Crippen molar-refractivity contribution in [2.45, 2.75) is 38.0 Å². The maximum atomic E-state index is 14.0. The molecule has 3 atom stereocenters. The normalized spacial score (nSPS) is 19.6. The number of benzene rings is 1. The van der Waals surface area contributed by atoms with Crippen molar-refractivity contribution >= 4 is 44.6 Å². The van der Waals surface area contributed by atoms with Gasteiger partial charge in [-0.25, -0.2) is 14.1 Å². The van der Waals surface area contributed by atoms with Crippen molar-refractivity contribution in [2.24, 2.45) is 4.99 Å². The topological polar surface area (TPSA) is 117 Å². The Balaban J connectivity index is 1.41. The molecular formula is C27H24ClF3N8O2S2. The zero-order chi connectivity index (χ0) is 30.3. The van der Waals surface area contributed by atoms with Crippen LogP contribution in [0.15, 0.2) is 77.1 Å². The Morgan fingerprint density at radius 2 is 1.98 bits per heavy atom. The van der Waals surface area contributed by atoms with E-state index in [9.17, 15) is 21.6 Å². The van der Waals surface area contributed by atoms with Gasteiger partial charge in [0.1, 0.15) is 11.9 Å². The summed E-state index contributed by atoms with van der Waals surface area (Å²) in [7, 11) is -4.02. The number of alkyl halides is 2. The monoisotopic (exact) mass is 648 g/mol. The van der Waals surface area contributed by atoms with Gasteiger partial charge in [-0.1, -0.05) is 23.7 Å².